The highest BCUT2D eigenvalue weighted by atomic mass is 16.5. The van der Waals surface area contributed by atoms with E-state index in [1.54, 1.807) is 0 Å². The summed E-state index contributed by atoms with van der Waals surface area (Å²) in [5, 5.41) is 2.45. The van der Waals surface area contributed by atoms with Crippen LogP contribution in [0.15, 0.2) is 11.8 Å². The van der Waals surface area contributed by atoms with Gasteiger partial charge in [0.15, 0.2) is 0 Å². The Morgan fingerprint density at radius 3 is 2.36 bits per heavy atom. The molecular weight excluding hydrogens is 282 g/mol. The zero-order valence-electron chi connectivity index (χ0n) is 13.7. The Labute approximate surface area is 132 Å². The lowest BCUT2D eigenvalue weighted by atomic mass is 9.92. The monoisotopic (exact) mass is 309 g/mol. The van der Waals surface area contributed by atoms with E-state index in [-0.39, 0.29) is 17.4 Å². The third kappa shape index (κ3) is 4.08. The van der Waals surface area contributed by atoms with Crippen molar-refractivity contribution < 1.29 is 14.3 Å². The lowest BCUT2D eigenvalue weighted by Crippen LogP contribution is -2.61. The van der Waals surface area contributed by atoms with Crippen LogP contribution in [0.5, 0.6) is 0 Å². The SMILES string of the molecule is CC(C)(C)C(N)=CC(=O)NC(=O)[C@@H]1CCN1C1CCOCC1. The molecule has 0 unspecified atom stereocenters. The van der Waals surface area contributed by atoms with Crippen molar-refractivity contribution in [2.45, 2.75) is 52.1 Å². The number of hydrogen-bond donors (Lipinski definition) is 2. The first-order valence-electron chi connectivity index (χ1n) is 7.95. The first kappa shape index (κ1) is 17.0. The minimum absolute atomic E-state index is 0.198. The summed E-state index contributed by atoms with van der Waals surface area (Å²) in [7, 11) is 0. The second-order valence-electron chi connectivity index (χ2n) is 7.09. The maximum absolute atomic E-state index is 12.2. The van der Waals surface area contributed by atoms with E-state index >= 15 is 0 Å². The molecule has 3 N–H and O–H groups in total. The number of nitrogens with two attached hydrogens (primary N) is 1. The van der Waals surface area contributed by atoms with E-state index in [0.717, 1.165) is 39.0 Å². The van der Waals surface area contributed by atoms with Gasteiger partial charge in [0.25, 0.3) is 5.91 Å². The van der Waals surface area contributed by atoms with Gasteiger partial charge in [-0.3, -0.25) is 19.8 Å². The van der Waals surface area contributed by atoms with Gasteiger partial charge in [0.1, 0.15) is 0 Å². The maximum atomic E-state index is 12.2. The highest BCUT2D eigenvalue weighted by molar-refractivity contribution is 6.03. The number of nitrogens with zero attached hydrogens (tertiary/aromatic N) is 1. The van der Waals surface area contributed by atoms with Crippen LogP contribution < -0.4 is 11.1 Å². The Morgan fingerprint density at radius 1 is 1.23 bits per heavy atom. The summed E-state index contributed by atoms with van der Waals surface area (Å²) >= 11 is 0. The van der Waals surface area contributed by atoms with Gasteiger partial charge in [-0.05, 0) is 19.3 Å². The minimum atomic E-state index is -0.434. The maximum Gasteiger partial charge on any atom is 0.252 e. The summed E-state index contributed by atoms with van der Waals surface area (Å²) in [4.78, 5) is 26.3. The number of amides is 2. The van der Waals surface area contributed by atoms with Crippen LogP contribution in [0.4, 0.5) is 0 Å². The largest absolute Gasteiger partial charge is 0.401 e. The Morgan fingerprint density at radius 2 is 1.86 bits per heavy atom. The summed E-state index contributed by atoms with van der Waals surface area (Å²) in [5.41, 5.74) is 6.04. The second-order valence-corrected chi connectivity index (χ2v) is 7.09. The van der Waals surface area contributed by atoms with Gasteiger partial charge < -0.3 is 10.5 Å². The number of carbonyl (C=O) groups is 2. The first-order valence-corrected chi connectivity index (χ1v) is 7.95. The molecule has 0 aromatic rings. The normalized spacial score (nSPS) is 24.7. The molecule has 1 atom stereocenters. The van der Waals surface area contributed by atoms with E-state index in [2.05, 4.69) is 10.2 Å². The number of allylic oxidation sites excluding steroid dienone is 1. The van der Waals surface area contributed by atoms with Crippen LogP contribution in [-0.2, 0) is 14.3 Å². The number of imide groups is 1. The molecule has 2 fully saturated rings. The van der Waals surface area contributed by atoms with Gasteiger partial charge in [-0.2, -0.15) is 0 Å². The molecule has 2 aliphatic heterocycles. The van der Waals surface area contributed by atoms with Gasteiger partial charge in [-0.1, -0.05) is 20.8 Å². The van der Waals surface area contributed by atoms with Crippen LogP contribution in [0.2, 0.25) is 0 Å². The summed E-state index contributed by atoms with van der Waals surface area (Å²) in [6, 6.07) is 0.194. The van der Waals surface area contributed by atoms with E-state index < -0.39 is 5.91 Å². The number of hydrogen-bond acceptors (Lipinski definition) is 5. The summed E-state index contributed by atoms with van der Waals surface area (Å²) < 4.78 is 5.35. The average molecular weight is 309 g/mol. The third-order valence-electron chi connectivity index (χ3n) is 4.42. The molecule has 0 aromatic heterocycles. The fraction of sp³-hybridized carbons (Fsp3) is 0.750. The molecule has 2 saturated heterocycles. The van der Waals surface area contributed by atoms with Crippen LogP contribution >= 0.6 is 0 Å². The molecule has 124 valence electrons. The van der Waals surface area contributed by atoms with E-state index in [9.17, 15) is 9.59 Å². The van der Waals surface area contributed by atoms with Crippen LogP contribution in [0.1, 0.15) is 40.0 Å². The summed E-state index contributed by atoms with van der Waals surface area (Å²) in [5.74, 6) is -0.656. The minimum Gasteiger partial charge on any atom is -0.401 e. The van der Waals surface area contributed by atoms with Crippen molar-refractivity contribution in [3.63, 3.8) is 0 Å². The van der Waals surface area contributed by atoms with Crippen LogP contribution in [0.25, 0.3) is 0 Å². The number of ether oxygens (including phenoxy) is 1. The predicted molar refractivity (Wildman–Crippen MR) is 83.8 cm³/mol. The van der Waals surface area contributed by atoms with E-state index in [1.165, 1.54) is 6.08 Å². The Kier molecular flexibility index (Phi) is 5.24. The molecule has 0 radical (unpaired) electrons. The van der Waals surface area contributed by atoms with E-state index in [4.69, 9.17) is 10.5 Å². The summed E-state index contributed by atoms with van der Waals surface area (Å²) in [6.07, 6.45) is 4.02. The number of nitrogens with one attached hydrogen (secondary N) is 1. The van der Waals surface area contributed by atoms with Gasteiger partial charge >= 0.3 is 0 Å². The number of rotatable bonds is 3. The molecule has 2 rings (SSSR count). The number of likely N-dealkylation sites (tertiary alicyclic amines) is 1. The fourth-order valence-electron chi connectivity index (χ4n) is 2.74. The molecule has 0 aromatic carbocycles. The lowest BCUT2D eigenvalue weighted by Gasteiger charge is -2.46. The highest BCUT2D eigenvalue weighted by Gasteiger charge is 2.39. The standard InChI is InChI=1S/C16H27N3O3/c1-16(2,3)13(17)10-14(20)18-15(21)12-4-7-19(12)11-5-8-22-9-6-11/h10-12H,4-9,17H2,1-3H3,(H,18,20,21)/t12-/m0/s1. The van der Waals surface area contributed by atoms with Gasteiger partial charge in [0.05, 0.1) is 6.04 Å². The Bertz CT molecular complexity index is 462. The molecule has 0 aliphatic carbocycles. The van der Waals surface area contributed by atoms with E-state index in [0.29, 0.717) is 11.7 Å². The second kappa shape index (κ2) is 6.79. The van der Waals surface area contributed by atoms with Crippen LogP contribution in [0, 0.1) is 5.41 Å². The average Bonchev–Trinajstić information content (AvgIpc) is 2.37. The predicted octanol–water partition coefficient (Wildman–Crippen LogP) is 0.771. The molecule has 0 bridgehead atoms. The van der Waals surface area contributed by atoms with Crippen molar-refractivity contribution >= 4 is 11.8 Å². The van der Waals surface area contributed by atoms with Crippen molar-refractivity contribution in [2.75, 3.05) is 19.8 Å². The van der Waals surface area contributed by atoms with Crippen molar-refractivity contribution in [2.24, 2.45) is 11.1 Å². The molecule has 0 spiro atoms. The Balaban J connectivity index is 1.88. The Hall–Kier alpha value is -1.40. The number of carbonyl (C=O) groups excluding carboxylic acids is 2. The molecule has 6 heteroatoms. The van der Waals surface area contributed by atoms with Crippen molar-refractivity contribution in [1.29, 1.82) is 0 Å². The third-order valence-corrected chi connectivity index (χ3v) is 4.42. The van der Waals surface area contributed by atoms with Gasteiger partial charge in [0, 0.05) is 43.0 Å². The smallest absolute Gasteiger partial charge is 0.252 e. The fourth-order valence-corrected chi connectivity index (χ4v) is 2.74. The molecule has 0 saturated carbocycles. The van der Waals surface area contributed by atoms with Gasteiger partial charge in [0.2, 0.25) is 5.91 Å². The molecule has 6 nitrogen and oxygen atoms in total. The highest BCUT2D eigenvalue weighted by Crippen LogP contribution is 2.26. The zero-order valence-corrected chi connectivity index (χ0v) is 13.7. The topological polar surface area (TPSA) is 84.7 Å². The molecule has 2 heterocycles. The molecule has 2 aliphatic rings. The molecular formula is C16H27N3O3. The van der Waals surface area contributed by atoms with Gasteiger partial charge in [-0.15, -0.1) is 0 Å². The van der Waals surface area contributed by atoms with Crippen molar-refractivity contribution in [1.82, 2.24) is 10.2 Å². The lowest BCUT2D eigenvalue weighted by molar-refractivity contribution is -0.138. The van der Waals surface area contributed by atoms with E-state index in [1.807, 2.05) is 20.8 Å². The van der Waals surface area contributed by atoms with Crippen LogP contribution in [0.3, 0.4) is 0 Å². The van der Waals surface area contributed by atoms with Crippen LogP contribution in [-0.4, -0.2) is 48.6 Å². The summed E-state index contributed by atoms with van der Waals surface area (Å²) in [6.45, 7) is 8.18. The van der Waals surface area contributed by atoms with Crippen molar-refractivity contribution in [3.05, 3.63) is 11.8 Å². The quantitative estimate of drug-likeness (QED) is 0.752. The van der Waals surface area contributed by atoms with Gasteiger partial charge in [-0.25, -0.2) is 0 Å². The molecule has 22 heavy (non-hydrogen) atoms. The van der Waals surface area contributed by atoms with Crippen molar-refractivity contribution in [3.8, 4) is 0 Å². The molecule has 2 amide bonds. The zero-order chi connectivity index (χ0) is 16.3. The first-order chi connectivity index (χ1) is 10.3.